The maximum Gasteiger partial charge on any atom is 0.202 e. The number of anilines is 1. The summed E-state index contributed by atoms with van der Waals surface area (Å²) in [5.74, 6) is -0.253. The molecule has 18 heavy (non-hydrogen) atoms. The van der Waals surface area contributed by atoms with Gasteiger partial charge in [-0.2, -0.15) is 4.39 Å². The van der Waals surface area contributed by atoms with Crippen molar-refractivity contribution >= 4 is 29.2 Å². The molecular formula is C11H15ClFN3OS. The van der Waals surface area contributed by atoms with Gasteiger partial charge in [0.25, 0.3) is 0 Å². The Balaban J connectivity index is 2.34. The first-order chi connectivity index (χ1) is 8.67. The Morgan fingerprint density at radius 3 is 3.00 bits per heavy atom. The van der Waals surface area contributed by atoms with Gasteiger partial charge in [0.15, 0.2) is 16.1 Å². The van der Waals surface area contributed by atoms with Crippen molar-refractivity contribution < 1.29 is 9.13 Å². The van der Waals surface area contributed by atoms with Crippen LogP contribution in [-0.4, -0.2) is 42.5 Å². The fourth-order valence-corrected chi connectivity index (χ4v) is 2.73. The molecule has 1 aromatic rings. The number of hydrogen-bond donors (Lipinski definition) is 0. The smallest absolute Gasteiger partial charge is 0.202 e. The van der Waals surface area contributed by atoms with E-state index in [0.717, 1.165) is 19.4 Å². The van der Waals surface area contributed by atoms with Gasteiger partial charge in [0.2, 0.25) is 5.82 Å². The van der Waals surface area contributed by atoms with Gasteiger partial charge in [0, 0.05) is 13.7 Å². The largest absolute Gasteiger partial charge is 0.383 e. The minimum Gasteiger partial charge on any atom is -0.383 e. The van der Waals surface area contributed by atoms with E-state index in [-0.39, 0.29) is 11.2 Å². The van der Waals surface area contributed by atoms with Gasteiger partial charge in [-0.15, -0.1) is 0 Å². The Bertz CT molecular complexity index is 435. The fourth-order valence-electron chi connectivity index (χ4n) is 2.15. The van der Waals surface area contributed by atoms with Crippen molar-refractivity contribution in [2.75, 3.05) is 31.4 Å². The molecule has 0 N–H and O–H groups in total. The van der Waals surface area contributed by atoms with E-state index in [0.29, 0.717) is 17.6 Å². The van der Waals surface area contributed by atoms with Crippen LogP contribution in [0.2, 0.25) is 5.15 Å². The Hall–Kier alpha value is -0.590. The first kappa shape index (κ1) is 13.8. The molecule has 0 aromatic carbocycles. The van der Waals surface area contributed by atoms with Gasteiger partial charge in [-0.05, 0) is 19.1 Å². The summed E-state index contributed by atoms with van der Waals surface area (Å²) in [6.07, 6.45) is 3.82. The van der Waals surface area contributed by atoms with E-state index in [1.807, 2.05) is 11.2 Å². The zero-order chi connectivity index (χ0) is 13.1. The molecule has 0 saturated carbocycles. The Kier molecular flexibility index (Phi) is 4.64. The van der Waals surface area contributed by atoms with E-state index in [1.54, 1.807) is 7.11 Å². The van der Waals surface area contributed by atoms with Gasteiger partial charge in [-0.1, -0.05) is 23.4 Å². The van der Waals surface area contributed by atoms with Crippen LogP contribution in [0.25, 0.3) is 0 Å². The molecule has 100 valence electrons. The quantitative estimate of drug-likeness (QED) is 0.484. The number of hydrogen-bond acceptors (Lipinski definition) is 5. The maximum absolute atomic E-state index is 14.0. The predicted octanol–water partition coefficient (Wildman–Crippen LogP) is 2.61. The highest BCUT2D eigenvalue weighted by Crippen LogP contribution is 2.30. The Morgan fingerprint density at radius 2 is 2.33 bits per heavy atom. The van der Waals surface area contributed by atoms with Crippen molar-refractivity contribution in [1.29, 1.82) is 0 Å². The Labute approximate surface area is 115 Å². The second-order valence-corrected chi connectivity index (χ2v) is 5.21. The first-order valence-corrected chi connectivity index (χ1v) is 7.30. The standard InChI is InChI=1S/C11H15ClFN3OS/c1-17-6-7-4-3-5-16(7)10-8(13)9(12)14-11(15-10)18-2/h7H,3-6H2,1-2H3/t7-/m1/s1. The summed E-state index contributed by atoms with van der Waals surface area (Å²) in [7, 11) is 1.65. The van der Waals surface area contributed by atoms with Crippen molar-refractivity contribution in [3.8, 4) is 0 Å². The van der Waals surface area contributed by atoms with Crippen LogP contribution >= 0.6 is 23.4 Å². The molecule has 1 aliphatic rings. The second-order valence-electron chi connectivity index (χ2n) is 4.08. The highest BCUT2D eigenvalue weighted by molar-refractivity contribution is 7.98. The maximum atomic E-state index is 14.0. The summed E-state index contributed by atoms with van der Waals surface area (Å²) in [4.78, 5) is 10.0. The van der Waals surface area contributed by atoms with Crippen LogP contribution in [0.5, 0.6) is 0 Å². The molecule has 0 aliphatic carbocycles. The lowest BCUT2D eigenvalue weighted by molar-refractivity contribution is 0.180. The molecule has 0 amide bonds. The lowest BCUT2D eigenvalue weighted by Gasteiger charge is -2.25. The van der Waals surface area contributed by atoms with Gasteiger partial charge in [-0.3, -0.25) is 0 Å². The van der Waals surface area contributed by atoms with E-state index in [2.05, 4.69) is 9.97 Å². The van der Waals surface area contributed by atoms with Gasteiger partial charge >= 0.3 is 0 Å². The average molecular weight is 292 g/mol. The normalized spacial score (nSPS) is 19.6. The molecule has 1 fully saturated rings. The van der Waals surface area contributed by atoms with Gasteiger partial charge in [0.05, 0.1) is 12.6 Å². The predicted molar refractivity (Wildman–Crippen MR) is 71.0 cm³/mol. The lowest BCUT2D eigenvalue weighted by atomic mass is 10.2. The second kappa shape index (κ2) is 6.04. The molecule has 1 aromatic heterocycles. The van der Waals surface area contributed by atoms with E-state index in [9.17, 15) is 4.39 Å². The third-order valence-electron chi connectivity index (χ3n) is 2.96. The SMILES string of the molecule is COC[C@H]1CCCN1c1nc(SC)nc(Cl)c1F. The molecule has 2 rings (SSSR count). The van der Waals surface area contributed by atoms with Crippen molar-refractivity contribution in [2.24, 2.45) is 0 Å². The third kappa shape index (κ3) is 2.70. The number of rotatable bonds is 4. The van der Waals surface area contributed by atoms with Gasteiger partial charge in [0.1, 0.15) is 0 Å². The minimum atomic E-state index is -0.544. The monoisotopic (exact) mass is 291 g/mol. The first-order valence-electron chi connectivity index (χ1n) is 5.70. The van der Waals surface area contributed by atoms with Crippen LogP contribution in [0.1, 0.15) is 12.8 Å². The molecule has 1 aliphatic heterocycles. The average Bonchev–Trinajstić information content (AvgIpc) is 2.81. The minimum absolute atomic E-state index is 0.118. The van der Waals surface area contributed by atoms with Gasteiger partial charge in [-0.25, -0.2) is 9.97 Å². The highest BCUT2D eigenvalue weighted by Gasteiger charge is 2.29. The fraction of sp³-hybridized carbons (Fsp3) is 0.636. The van der Waals surface area contributed by atoms with Crippen molar-refractivity contribution in [1.82, 2.24) is 9.97 Å². The van der Waals surface area contributed by atoms with E-state index < -0.39 is 5.82 Å². The molecule has 7 heteroatoms. The molecule has 1 saturated heterocycles. The summed E-state index contributed by atoms with van der Waals surface area (Å²) in [5, 5.41) is 0.367. The molecule has 0 spiro atoms. The molecule has 1 atom stereocenters. The van der Waals surface area contributed by atoms with Crippen molar-refractivity contribution in [2.45, 2.75) is 24.0 Å². The zero-order valence-corrected chi connectivity index (χ0v) is 11.9. The molecule has 4 nitrogen and oxygen atoms in total. The molecule has 2 heterocycles. The van der Waals surface area contributed by atoms with Crippen LogP contribution in [0.3, 0.4) is 0 Å². The van der Waals surface area contributed by atoms with E-state index in [1.165, 1.54) is 11.8 Å². The van der Waals surface area contributed by atoms with E-state index in [4.69, 9.17) is 16.3 Å². The summed E-state index contributed by atoms with van der Waals surface area (Å²) in [6.45, 7) is 1.34. The number of halogens is 2. The van der Waals surface area contributed by atoms with Crippen LogP contribution in [0.4, 0.5) is 10.2 Å². The van der Waals surface area contributed by atoms with E-state index >= 15 is 0 Å². The van der Waals surface area contributed by atoms with Crippen LogP contribution in [0.15, 0.2) is 5.16 Å². The summed E-state index contributed by atoms with van der Waals surface area (Å²) in [5.41, 5.74) is 0. The number of thioether (sulfide) groups is 1. The lowest BCUT2D eigenvalue weighted by Crippen LogP contribution is -2.34. The number of nitrogens with zero attached hydrogens (tertiary/aromatic N) is 3. The molecule has 0 bridgehead atoms. The summed E-state index contributed by atoms with van der Waals surface area (Å²) < 4.78 is 19.2. The summed E-state index contributed by atoms with van der Waals surface area (Å²) in [6, 6.07) is 0.158. The number of aromatic nitrogens is 2. The molecule has 0 unspecified atom stereocenters. The highest BCUT2D eigenvalue weighted by atomic mass is 35.5. The Morgan fingerprint density at radius 1 is 1.56 bits per heavy atom. The molecular weight excluding hydrogens is 277 g/mol. The van der Waals surface area contributed by atoms with Crippen LogP contribution < -0.4 is 4.90 Å². The molecule has 0 radical (unpaired) electrons. The van der Waals surface area contributed by atoms with Crippen molar-refractivity contribution in [3.63, 3.8) is 0 Å². The zero-order valence-electron chi connectivity index (χ0n) is 10.3. The van der Waals surface area contributed by atoms with Crippen LogP contribution in [-0.2, 0) is 4.74 Å². The number of ether oxygens (including phenoxy) is 1. The summed E-state index contributed by atoms with van der Waals surface area (Å²) >= 11 is 7.15. The van der Waals surface area contributed by atoms with Crippen LogP contribution in [0, 0.1) is 5.82 Å². The topological polar surface area (TPSA) is 38.2 Å². The van der Waals surface area contributed by atoms with Crippen molar-refractivity contribution in [3.05, 3.63) is 11.0 Å². The van der Waals surface area contributed by atoms with Gasteiger partial charge < -0.3 is 9.64 Å². The number of methoxy groups -OCH3 is 1. The third-order valence-corrected chi connectivity index (χ3v) is 3.76.